The van der Waals surface area contributed by atoms with Crippen molar-refractivity contribution in [3.8, 4) is 23.0 Å². The van der Waals surface area contributed by atoms with Gasteiger partial charge in [-0.2, -0.15) is 18.9 Å². The molecule has 5 aromatic rings. The van der Waals surface area contributed by atoms with E-state index in [1.807, 2.05) is 73.7 Å². The molecule has 0 saturated heterocycles. The number of halogens is 2. The van der Waals surface area contributed by atoms with Crippen molar-refractivity contribution in [2.24, 2.45) is 0 Å². The van der Waals surface area contributed by atoms with Crippen LogP contribution in [0.1, 0.15) is 44.4 Å². The van der Waals surface area contributed by atoms with Gasteiger partial charge in [0, 0.05) is 30.1 Å². The summed E-state index contributed by atoms with van der Waals surface area (Å²) in [5, 5.41) is 5.65. The van der Waals surface area contributed by atoms with Crippen LogP contribution in [0, 0.1) is 0 Å². The summed E-state index contributed by atoms with van der Waals surface area (Å²) in [6, 6.07) is 28.5. The van der Waals surface area contributed by atoms with Gasteiger partial charge in [0.1, 0.15) is 24.5 Å². The summed E-state index contributed by atoms with van der Waals surface area (Å²) in [5.74, 6) is -2.53. The minimum absolute atomic E-state index is 0.0165. The Morgan fingerprint density at radius 2 is 1.56 bits per heavy atom. The van der Waals surface area contributed by atoms with E-state index in [9.17, 15) is 4.79 Å². The Kier molecular flexibility index (Phi) is 9.17. The molecule has 3 heterocycles. The highest BCUT2D eigenvalue weighted by Crippen LogP contribution is 2.40. The van der Waals surface area contributed by atoms with Crippen molar-refractivity contribution in [1.82, 2.24) is 19.7 Å². The van der Waals surface area contributed by atoms with Crippen LogP contribution in [0.3, 0.4) is 0 Å². The predicted molar refractivity (Wildman–Crippen MR) is 181 cm³/mol. The standard InChI is InChI=1S/C38H38F2N4O4/c1-5-44-32-22-28(31-20-21-43(25-38(31,39)40)36(45)48-37(2,3)4)16-17-29(32)34(42-44)30-18-19-33(46-23-26-12-8-6-9-13-26)41-35(30)47-24-27-14-10-7-11-15-27/h6-20,22H,5,21,23-25H2,1-4H3. The molecule has 0 atom stereocenters. The van der Waals surface area contributed by atoms with Gasteiger partial charge in [-0.05, 0) is 62.6 Å². The molecule has 0 unspecified atom stereocenters. The van der Waals surface area contributed by atoms with Crippen LogP contribution < -0.4 is 9.47 Å². The van der Waals surface area contributed by atoms with Crippen molar-refractivity contribution in [3.63, 3.8) is 0 Å². The maximum atomic E-state index is 15.6. The van der Waals surface area contributed by atoms with Crippen LogP contribution in [0.4, 0.5) is 13.6 Å². The number of benzene rings is 3. The normalized spacial score (nSPS) is 14.5. The number of ether oxygens (including phenoxy) is 3. The zero-order valence-electron chi connectivity index (χ0n) is 27.5. The zero-order chi connectivity index (χ0) is 33.9. The fourth-order valence-electron chi connectivity index (χ4n) is 5.57. The fraction of sp³-hybridized carbons (Fsp3) is 0.289. The lowest BCUT2D eigenvalue weighted by molar-refractivity contribution is -0.0105. The number of fused-ring (bicyclic) bond motifs is 1. The summed E-state index contributed by atoms with van der Waals surface area (Å²) in [6.07, 6.45) is 0.632. The summed E-state index contributed by atoms with van der Waals surface area (Å²) < 4.78 is 50.5. The van der Waals surface area contributed by atoms with E-state index in [2.05, 4.69) is 0 Å². The summed E-state index contributed by atoms with van der Waals surface area (Å²) >= 11 is 0. The molecular formula is C38H38F2N4O4. The molecule has 0 aliphatic carbocycles. The monoisotopic (exact) mass is 652 g/mol. The van der Waals surface area contributed by atoms with Gasteiger partial charge in [0.15, 0.2) is 0 Å². The lowest BCUT2D eigenvalue weighted by Crippen LogP contribution is -2.46. The molecule has 2 aromatic heterocycles. The number of carbonyl (C=O) groups is 1. The Hall–Kier alpha value is -5.25. The summed E-state index contributed by atoms with van der Waals surface area (Å²) in [6.45, 7) is 7.45. The third kappa shape index (κ3) is 7.33. The van der Waals surface area contributed by atoms with Gasteiger partial charge < -0.3 is 14.2 Å². The van der Waals surface area contributed by atoms with Gasteiger partial charge in [-0.1, -0.05) is 72.8 Å². The zero-order valence-corrected chi connectivity index (χ0v) is 27.5. The number of carbonyl (C=O) groups excluding carboxylic acids is 1. The van der Waals surface area contributed by atoms with Crippen molar-refractivity contribution in [2.75, 3.05) is 13.1 Å². The second-order valence-electron chi connectivity index (χ2n) is 12.6. The number of amides is 1. The van der Waals surface area contributed by atoms with Crippen LogP contribution in [-0.4, -0.2) is 50.4 Å². The fourth-order valence-corrected chi connectivity index (χ4v) is 5.57. The first-order valence-electron chi connectivity index (χ1n) is 15.9. The van der Waals surface area contributed by atoms with Gasteiger partial charge >= 0.3 is 6.09 Å². The minimum atomic E-state index is -3.28. The number of hydrogen-bond donors (Lipinski definition) is 0. The Morgan fingerprint density at radius 1 is 0.896 bits per heavy atom. The molecule has 48 heavy (non-hydrogen) atoms. The van der Waals surface area contributed by atoms with Gasteiger partial charge in [0.25, 0.3) is 5.92 Å². The highest BCUT2D eigenvalue weighted by atomic mass is 19.3. The Labute approximate surface area is 278 Å². The SMILES string of the molecule is CCn1nc(-c2ccc(OCc3ccccc3)nc2OCc2ccccc2)c2ccc(C3=CCN(C(=O)OC(C)(C)C)CC3(F)F)cc21. The first kappa shape index (κ1) is 32.7. The molecule has 0 fully saturated rings. The molecule has 1 aliphatic heterocycles. The number of aryl methyl sites for hydroxylation is 1. The summed E-state index contributed by atoms with van der Waals surface area (Å²) in [5.41, 5.74) is 3.38. The molecule has 1 amide bonds. The number of rotatable bonds is 9. The molecule has 3 aromatic carbocycles. The largest absolute Gasteiger partial charge is 0.473 e. The number of pyridine rings is 1. The van der Waals surface area contributed by atoms with Crippen LogP contribution in [0.15, 0.2) is 97.1 Å². The van der Waals surface area contributed by atoms with E-state index < -0.39 is 24.2 Å². The molecule has 248 valence electrons. The highest BCUT2D eigenvalue weighted by molar-refractivity contribution is 5.96. The first-order valence-corrected chi connectivity index (χ1v) is 15.9. The molecule has 6 rings (SSSR count). The lowest BCUT2D eigenvalue weighted by Gasteiger charge is -2.34. The van der Waals surface area contributed by atoms with E-state index in [-0.39, 0.29) is 18.7 Å². The smallest absolute Gasteiger partial charge is 0.410 e. The molecule has 8 nitrogen and oxygen atoms in total. The maximum absolute atomic E-state index is 15.6. The van der Waals surface area contributed by atoms with Gasteiger partial charge in [-0.3, -0.25) is 9.58 Å². The summed E-state index contributed by atoms with van der Waals surface area (Å²) in [7, 11) is 0. The second kappa shape index (κ2) is 13.5. The second-order valence-corrected chi connectivity index (χ2v) is 12.6. The molecule has 1 aliphatic rings. The molecule has 0 saturated carbocycles. The molecule has 0 spiro atoms. The van der Waals surface area contributed by atoms with E-state index in [1.54, 1.807) is 49.7 Å². The first-order chi connectivity index (χ1) is 23.0. The van der Waals surface area contributed by atoms with Crippen LogP contribution in [0.5, 0.6) is 11.8 Å². The quantitative estimate of drug-likeness (QED) is 0.159. The number of alkyl halides is 2. The average Bonchev–Trinajstić information content (AvgIpc) is 3.44. The molecule has 0 radical (unpaired) electrons. The van der Waals surface area contributed by atoms with Gasteiger partial charge in [0.2, 0.25) is 11.8 Å². The van der Waals surface area contributed by atoms with Gasteiger partial charge in [-0.25, -0.2) is 4.79 Å². The van der Waals surface area contributed by atoms with E-state index in [0.717, 1.165) is 21.4 Å². The Morgan fingerprint density at radius 3 is 2.19 bits per heavy atom. The minimum Gasteiger partial charge on any atom is -0.473 e. The number of nitrogens with zero attached hydrogens (tertiary/aromatic N) is 4. The summed E-state index contributed by atoms with van der Waals surface area (Å²) in [4.78, 5) is 18.3. The third-order valence-electron chi connectivity index (χ3n) is 7.85. The molecule has 0 N–H and O–H groups in total. The van der Waals surface area contributed by atoms with E-state index in [1.165, 1.54) is 6.08 Å². The van der Waals surface area contributed by atoms with E-state index in [4.69, 9.17) is 24.3 Å². The van der Waals surface area contributed by atoms with Crippen molar-refractivity contribution in [1.29, 1.82) is 0 Å². The number of aromatic nitrogens is 3. The van der Waals surface area contributed by atoms with Crippen molar-refractivity contribution < 1.29 is 27.8 Å². The Bertz CT molecular complexity index is 1940. The van der Waals surface area contributed by atoms with Crippen molar-refractivity contribution in [3.05, 3.63) is 114 Å². The average molecular weight is 653 g/mol. The highest BCUT2D eigenvalue weighted by Gasteiger charge is 2.42. The van der Waals surface area contributed by atoms with E-state index >= 15 is 8.78 Å². The van der Waals surface area contributed by atoms with Crippen LogP contribution >= 0.6 is 0 Å². The third-order valence-corrected chi connectivity index (χ3v) is 7.85. The molecular weight excluding hydrogens is 614 g/mol. The van der Waals surface area contributed by atoms with Gasteiger partial charge in [-0.15, -0.1) is 0 Å². The van der Waals surface area contributed by atoms with Gasteiger partial charge in [0.05, 0.1) is 17.6 Å². The lowest BCUT2D eigenvalue weighted by atomic mass is 9.94. The van der Waals surface area contributed by atoms with Crippen molar-refractivity contribution >= 4 is 22.6 Å². The number of hydrogen-bond acceptors (Lipinski definition) is 6. The van der Waals surface area contributed by atoms with E-state index in [0.29, 0.717) is 47.2 Å². The predicted octanol–water partition coefficient (Wildman–Crippen LogP) is 8.55. The van der Waals surface area contributed by atoms with Crippen LogP contribution in [-0.2, 0) is 24.5 Å². The van der Waals surface area contributed by atoms with Crippen molar-refractivity contribution in [2.45, 2.75) is 59.0 Å². The molecule has 10 heteroatoms. The Balaban J connectivity index is 1.33. The maximum Gasteiger partial charge on any atom is 0.410 e. The van der Waals surface area contributed by atoms with Crippen LogP contribution in [0.25, 0.3) is 27.7 Å². The van der Waals surface area contributed by atoms with Crippen LogP contribution in [0.2, 0.25) is 0 Å². The topological polar surface area (TPSA) is 78.7 Å². The molecule has 0 bridgehead atoms.